The second-order valence-electron chi connectivity index (χ2n) is 3.77. The van der Waals surface area contributed by atoms with Crippen molar-refractivity contribution in [2.24, 2.45) is 4.99 Å². The van der Waals surface area contributed by atoms with Crippen LogP contribution >= 0.6 is 0 Å². The molecular formula is C12H14N2O2. The van der Waals surface area contributed by atoms with Gasteiger partial charge in [-0.05, 0) is 12.1 Å². The fourth-order valence-corrected chi connectivity index (χ4v) is 1.63. The molecular weight excluding hydrogens is 204 g/mol. The predicted octanol–water partition coefficient (Wildman–Crippen LogP) is 0.742. The molecule has 1 aromatic rings. The second kappa shape index (κ2) is 4.90. The largest absolute Gasteiger partial charge is 0.507 e. The first-order valence-corrected chi connectivity index (χ1v) is 5.32. The molecule has 2 rings (SSSR count). The normalized spacial score (nSPS) is 21.5. The Hall–Kier alpha value is -1.68. The molecule has 0 amide bonds. The van der Waals surface area contributed by atoms with E-state index in [9.17, 15) is 9.90 Å². The van der Waals surface area contributed by atoms with Gasteiger partial charge in [0.05, 0.1) is 0 Å². The summed E-state index contributed by atoms with van der Waals surface area (Å²) in [6, 6.07) is 6.62. The third-order valence-corrected chi connectivity index (χ3v) is 2.59. The van der Waals surface area contributed by atoms with Crippen molar-refractivity contribution in [3.05, 3.63) is 29.8 Å². The minimum atomic E-state index is -0.312. The lowest BCUT2D eigenvalue weighted by atomic mass is 10.1. The zero-order chi connectivity index (χ0) is 11.4. The number of phenolic OH excluding ortho intramolecular Hbond substituents is 1. The Bertz CT molecular complexity index is 415. The highest BCUT2D eigenvalue weighted by molar-refractivity contribution is 5.89. The summed E-state index contributed by atoms with van der Waals surface area (Å²) in [6.45, 7) is 1.32. The molecule has 1 heterocycles. The molecule has 16 heavy (non-hydrogen) atoms. The summed E-state index contributed by atoms with van der Waals surface area (Å²) < 4.78 is 0. The summed E-state index contributed by atoms with van der Waals surface area (Å²) in [5.41, 5.74) is 0.640. The maximum atomic E-state index is 11.5. The number of hydrogen-bond acceptors (Lipinski definition) is 4. The van der Waals surface area contributed by atoms with Gasteiger partial charge in [0.25, 0.3) is 0 Å². The Morgan fingerprint density at radius 1 is 1.44 bits per heavy atom. The van der Waals surface area contributed by atoms with Crippen LogP contribution in [0.4, 0.5) is 0 Å². The molecule has 0 aliphatic carbocycles. The van der Waals surface area contributed by atoms with Crippen LogP contribution in [0.15, 0.2) is 29.3 Å². The molecule has 1 aliphatic heterocycles. The second-order valence-corrected chi connectivity index (χ2v) is 3.77. The summed E-state index contributed by atoms with van der Waals surface area (Å²) in [7, 11) is 0. The number of phenols is 1. The van der Waals surface area contributed by atoms with Crippen LogP contribution < -0.4 is 5.32 Å². The van der Waals surface area contributed by atoms with Gasteiger partial charge >= 0.3 is 0 Å². The van der Waals surface area contributed by atoms with Crippen molar-refractivity contribution >= 4 is 12.0 Å². The summed E-state index contributed by atoms with van der Waals surface area (Å²) >= 11 is 0. The van der Waals surface area contributed by atoms with Gasteiger partial charge in [-0.3, -0.25) is 9.79 Å². The number of hydrogen-bond donors (Lipinski definition) is 2. The Balaban J connectivity index is 2.09. The first-order chi connectivity index (χ1) is 7.77. The molecule has 0 radical (unpaired) electrons. The lowest BCUT2D eigenvalue weighted by Crippen LogP contribution is -2.39. The molecule has 1 fully saturated rings. The number of carbonyl (C=O) groups excluding carboxylic acids is 1. The number of rotatable bonds is 2. The smallest absolute Gasteiger partial charge is 0.159 e. The van der Waals surface area contributed by atoms with Gasteiger partial charge < -0.3 is 10.4 Å². The van der Waals surface area contributed by atoms with Gasteiger partial charge in [-0.2, -0.15) is 0 Å². The Morgan fingerprint density at radius 3 is 3.00 bits per heavy atom. The van der Waals surface area contributed by atoms with Crippen molar-refractivity contribution < 1.29 is 9.90 Å². The van der Waals surface area contributed by atoms with Gasteiger partial charge in [0.15, 0.2) is 5.78 Å². The molecule has 84 valence electrons. The zero-order valence-electron chi connectivity index (χ0n) is 8.89. The number of benzene rings is 1. The third-order valence-electron chi connectivity index (χ3n) is 2.59. The van der Waals surface area contributed by atoms with Gasteiger partial charge in [-0.25, -0.2) is 0 Å². The molecule has 0 saturated carbocycles. The predicted molar refractivity (Wildman–Crippen MR) is 62.0 cm³/mol. The molecule has 1 saturated heterocycles. The van der Waals surface area contributed by atoms with Crippen LogP contribution in [0, 0.1) is 0 Å². The molecule has 4 nitrogen and oxygen atoms in total. The molecule has 1 unspecified atom stereocenters. The lowest BCUT2D eigenvalue weighted by Gasteiger charge is -2.17. The van der Waals surface area contributed by atoms with Gasteiger partial charge in [0.2, 0.25) is 0 Å². The monoisotopic (exact) mass is 218 g/mol. The van der Waals surface area contributed by atoms with Crippen molar-refractivity contribution in [2.45, 2.75) is 12.5 Å². The number of aliphatic imine (C=N–C) groups is 1. The van der Waals surface area contributed by atoms with E-state index in [1.165, 1.54) is 0 Å². The highest BCUT2D eigenvalue weighted by atomic mass is 16.3. The number of ketones is 1. The summed E-state index contributed by atoms with van der Waals surface area (Å²) in [5.74, 6) is 0.341. The zero-order valence-corrected chi connectivity index (χ0v) is 8.89. The first-order valence-electron chi connectivity index (χ1n) is 5.32. The van der Waals surface area contributed by atoms with E-state index in [0.717, 1.165) is 6.54 Å². The fraction of sp³-hybridized carbons (Fsp3) is 0.333. The molecule has 1 aliphatic rings. The van der Waals surface area contributed by atoms with E-state index >= 15 is 0 Å². The van der Waals surface area contributed by atoms with E-state index in [1.807, 2.05) is 6.07 Å². The summed E-state index contributed by atoms with van der Waals surface area (Å²) in [6.07, 6.45) is 2.09. The van der Waals surface area contributed by atoms with Crippen molar-refractivity contribution in [1.29, 1.82) is 0 Å². The van der Waals surface area contributed by atoms with Crippen LogP contribution in [-0.2, 0) is 4.79 Å². The van der Waals surface area contributed by atoms with E-state index < -0.39 is 0 Å². The van der Waals surface area contributed by atoms with E-state index in [2.05, 4.69) is 10.3 Å². The number of para-hydroxylation sites is 1. The number of Topliss-reactive ketones (excluding diaryl/α,β-unsaturated/α-hetero) is 1. The standard InChI is InChI=1S/C12H14N2O2/c15-11-4-2-1-3-9(11)7-14-10-8-13-6-5-12(10)16/h1-4,7,10,13,15H,5-6,8H2. The molecule has 1 aromatic carbocycles. The van der Waals surface area contributed by atoms with E-state index in [4.69, 9.17) is 0 Å². The maximum absolute atomic E-state index is 11.5. The first kappa shape index (κ1) is 10.8. The number of piperidine rings is 1. The average Bonchev–Trinajstić information content (AvgIpc) is 2.30. The highest BCUT2D eigenvalue weighted by Crippen LogP contribution is 2.13. The SMILES string of the molecule is O=C1CCNCC1N=Cc1ccccc1O. The van der Waals surface area contributed by atoms with E-state index in [1.54, 1.807) is 24.4 Å². The van der Waals surface area contributed by atoms with Gasteiger partial charge in [-0.15, -0.1) is 0 Å². The highest BCUT2D eigenvalue weighted by Gasteiger charge is 2.20. The average molecular weight is 218 g/mol. The Morgan fingerprint density at radius 2 is 2.25 bits per heavy atom. The third kappa shape index (κ3) is 2.46. The minimum absolute atomic E-state index is 0.158. The Labute approximate surface area is 94.0 Å². The quantitative estimate of drug-likeness (QED) is 0.720. The van der Waals surface area contributed by atoms with Crippen LogP contribution in [0.25, 0.3) is 0 Å². The van der Waals surface area contributed by atoms with Crippen LogP contribution in [0.1, 0.15) is 12.0 Å². The number of aromatic hydroxyl groups is 1. The van der Waals surface area contributed by atoms with E-state index in [-0.39, 0.29) is 17.6 Å². The van der Waals surface area contributed by atoms with E-state index in [0.29, 0.717) is 18.5 Å². The van der Waals surface area contributed by atoms with Crippen LogP contribution in [0.5, 0.6) is 5.75 Å². The Kier molecular flexibility index (Phi) is 3.31. The molecule has 0 spiro atoms. The number of nitrogens with one attached hydrogen (secondary N) is 1. The van der Waals surface area contributed by atoms with Crippen LogP contribution in [0.2, 0.25) is 0 Å². The molecule has 0 bridgehead atoms. The van der Waals surface area contributed by atoms with Gasteiger partial charge in [0, 0.05) is 31.3 Å². The molecule has 0 aromatic heterocycles. The lowest BCUT2D eigenvalue weighted by molar-refractivity contribution is -0.120. The minimum Gasteiger partial charge on any atom is -0.507 e. The van der Waals surface area contributed by atoms with Crippen molar-refractivity contribution in [3.63, 3.8) is 0 Å². The molecule has 4 heteroatoms. The number of carbonyl (C=O) groups is 1. The van der Waals surface area contributed by atoms with Crippen molar-refractivity contribution in [1.82, 2.24) is 5.32 Å². The topological polar surface area (TPSA) is 61.7 Å². The van der Waals surface area contributed by atoms with Crippen molar-refractivity contribution in [2.75, 3.05) is 13.1 Å². The van der Waals surface area contributed by atoms with Crippen molar-refractivity contribution in [3.8, 4) is 5.75 Å². The van der Waals surface area contributed by atoms with Gasteiger partial charge in [0.1, 0.15) is 11.8 Å². The van der Waals surface area contributed by atoms with Gasteiger partial charge in [-0.1, -0.05) is 12.1 Å². The van der Waals surface area contributed by atoms with Crippen LogP contribution in [0.3, 0.4) is 0 Å². The molecule has 1 atom stereocenters. The number of nitrogens with zero attached hydrogens (tertiary/aromatic N) is 1. The summed E-state index contributed by atoms with van der Waals surface area (Å²) in [4.78, 5) is 15.7. The van der Waals surface area contributed by atoms with Crippen LogP contribution in [-0.4, -0.2) is 36.2 Å². The molecule has 2 N–H and O–H groups in total. The maximum Gasteiger partial charge on any atom is 0.159 e. The fourth-order valence-electron chi connectivity index (χ4n) is 1.63. The summed E-state index contributed by atoms with van der Waals surface area (Å²) in [5, 5.41) is 12.6.